The van der Waals surface area contributed by atoms with Crippen molar-refractivity contribution in [1.82, 2.24) is 9.62 Å². The molecule has 2 aromatic rings. The average Bonchev–Trinajstić information content (AvgIpc) is 2.98. The van der Waals surface area contributed by atoms with Crippen LogP contribution in [-0.2, 0) is 10.0 Å². The molecular weight excluding hydrogens is 364 g/mol. The van der Waals surface area contributed by atoms with Gasteiger partial charge in [-0.05, 0) is 50.3 Å². The fraction of sp³-hybridized carbons (Fsp3) is 0.550. The summed E-state index contributed by atoms with van der Waals surface area (Å²) in [6, 6.07) is 4.84. The minimum absolute atomic E-state index is 0.252. The van der Waals surface area contributed by atoms with Gasteiger partial charge < -0.3 is 9.73 Å². The van der Waals surface area contributed by atoms with E-state index in [1.165, 1.54) is 0 Å². The number of fused-ring (bicyclic) bond motifs is 1. The van der Waals surface area contributed by atoms with Gasteiger partial charge in [0.15, 0.2) is 5.76 Å². The van der Waals surface area contributed by atoms with Gasteiger partial charge in [-0.1, -0.05) is 20.3 Å². The molecule has 148 valence electrons. The predicted octanol–water partition coefficient (Wildman–Crippen LogP) is 3.69. The van der Waals surface area contributed by atoms with E-state index in [0.717, 1.165) is 25.7 Å². The van der Waals surface area contributed by atoms with E-state index in [0.29, 0.717) is 42.1 Å². The van der Waals surface area contributed by atoms with Crippen LogP contribution in [0.5, 0.6) is 0 Å². The molecule has 1 aliphatic heterocycles. The number of hydrogen-bond acceptors (Lipinski definition) is 4. The summed E-state index contributed by atoms with van der Waals surface area (Å²) in [5.74, 6) is 0.361. The van der Waals surface area contributed by atoms with Crippen molar-refractivity contribution in [2.45, 2.75) is 51.3 Å². The maximum Gasteiger partial charge on any atom is 0.287 e. The van der Waals surface area contributed by atoms with Crippen molar-refractivity contribution in [3.05, 3.63) is 29.5 Å². The second-order valence-electron chi connectivity index (χ2n) is 7.43. The number of aryl methyl sites for hydroxylation is 1. The highest BCUT2D eigenvalue weighted by molar-refractivity contribution is 7.89. The van der Waals surface area contributed by atoms with Gasteiger partial charge in [-0.3, -0.25) is 4.79 Å². The minimum atomic E-state index is -3.54. The smallest absolute Gasteiger partial charge is 0.287 e. The lowest BCUT2D eigenvalue weighted by molar-refractivity contribution is 0.0926. The molecule has 27 heavy (non-hydrogen) atoms. The lowest BCUT2D eigenvalue weighted by atomic mass is 10.0. The second kappa shape index (κ2) is 8.02. The Balaban J connectivity index is 1.91. The summed E-state index contributed by atoms with van der Waals surface area (Å²) in [6.45, 7) is 7.63. The van der Waals surface area contributed by atoms with Crippen LogP contribution in [0.2, 0.25) is 0 Å². The molecule has 1 amide bonds. The zero-order valence-corrected chi connectivity index (χ0v) is 17.1. The highest BCUT2D eigenvalue weighted by Gasteiger charge is 2.29. The third kappa shape index (κ3) is 4.04. The molecule has 1 aromatic carbocycles. The lowest BCUT2D eigenvalue weighted by Crippen LogP contribution is -2.39. The zero-order valence-electron chi connectivity index (χ0n) is 16.2. The predicted molar refractivity (Wildman–Crippen MR) is 105 cm³/mol. The Morgan fingerprint density at radius 1 is 1.37 bits per heavy atom. The average molecular weight is 393 g/mol. The number of amides is 1. The number of sulfonamides is 1. The molecule has 1 atom stereocenters. The van der Waals surface area contributed by atoms with E-state index in [1.54, 1.807) is 29.4 Å². The number of furan rings is 1. The molecule has 0 aliphatic carbocycles. The largest absolute Gasteiger partial charge is 0.451 e. The molecular formula is C20H28N2O4S. The summed E-state index contributed by atoms with van der Waals surface area (Å²) in [6.07, 6.45) is 3.84. The number of benzene rings is 1. The SMILES string of the molecule is CCCCNC(=O)c1oc2ccc(S(=O)(=O)N3CCCC(C)C3)cc2c1C. The monoisotopic (exact) mass is 392 g/mol. The number of unbranched alkanes of at least 4 members (excludes halogenated alkanes) is 1. The van der Waals surface area contributed by atoms with Crippen molar-refractivity contribution in [1.29, 1.82) is 0 Å². The zero-order chi connectivity index (χ0) is 19.6. The van der Waals surface area contributed by atoms with E-state index in [1.807, 2.05) is 0 Å². The molecule has 0 saturated carbocycles. The van der Waals surface area contributed by atoms with Crippen molar-refractivity contribution in [2.75, 3.05) is 19.6 Å². The van der Waals surface area contributed by atoms with Crippen LogP contribution in [0.25, 0.3) is 11.0 Å². The van der Waals surface area contributed by atoms with E-state index in [9.17, 15) is 13.2 Å². The first-order valence-electron chi connectivity index (χ1n) is 9.66. The normalized spacial score (nSPS) is 18.7. The first kappa shape index (κ1) is 19.9. The van der Waals surface area contributed by atoms with E-state index in [2.05, 4.69) is 19.2 Å². The Morgan fingerprint density at radius 3 is 2.85 bits per heavy atom. The Hall–Kier alpha value is -1.86. The Kier molecular flexibility index (Phi) is 5.91. The van der Waals surface area contributed by atoms with Crippen LogP contribution in [0.1, 0.15) is 55.6 Å². The first-order valence-corrected chi connectivity index (χ1v) is 11.1. The number of hydrogen-bond donors (Lipinski definition) is 1. The van der Waals surface area contributed by atoms with Gasteiger partial charge in [0.1, 0.15) is 5.58 Å². The highest BCUT2D eigenvalue weighted by atomic mass is 32.2. The number of rotatable bonds is 6. The molecule has 1 aromatic heterocycles. The van der Waals surface area contributed by atoms with E-state index in [4.69, 9.17) is 4.42 Å². The molecule has 3 rings (SSSR count). The van der Waals surface area contributed by atoms with Gasteiger partial charge in [0.25, 0.3) is 5.91 Å². The van der Waals surface area contributed by atoms with Crippen LogP contribution in [0.4, 0.5) is 0 Å². The quantitative estimate of drug-likeness (QED) is 0.761. The fourth-order valence-electron chi connectivity index (χ4n) is 3.55. The number of piperidine rings is 1. The van der Waals surface area contributed by atoms with Gasteiger partial charge in [0.05, 0.1) is 4.90 Å². The first-order chi connectivity index (χ1) is 12.8. The van der Waals surface area contributed by atoms with Crippen LogP contribution in [0, 0.1) is 12.8 Å². The van der Waals surface area contributed by atoms with Gasteiger partial charge in [0, 0.05) is 30.6 Å². The standard InChI is InChI=1S/C20H28N2O4S/c1-4-5-10-21-20(23)19-15(3)17-12-16(8-9-18(17)26-19)27(24,25)22-11-6-7-14(2)13-22/h8-9,12,14H,4-7,10-11,13H2,1-3H3,(H,21,23). The fourth-order valence-corrected chi connectivity index (χ4v) is 5.17. The molecule has 6 nitrogen and oxygen atoms in total. The molecule has 0 bridgehead atoms. The topological polar surface area (TPSA) is 79.6 Å². The summed E-state index contributed by atoms with van der Waals surface area (Å²) in [5.41, 5.74) is 1.20. The van der Waals surface area contributed by atoms with Crippen molar-refractivity contribution >= 4 is 26.9 Å². The molecule has 1 N–H and O–H groups in total. The van der Waals surface area contributed by atoms with Crippen molar-refractivity contribution in [3.63, 3.8) is 0 Å². The molecule has 1 fully saturated rings. The van der Waals surface area contributed by atoms with Gasteiger partial charge >= 0.3 is 0 Å². The van der Waals surface area contributed by atoms with E-state index in [-0.39, 0.29) is 16.6 Å². The van der Waals surface area contributed by atoms with Crippen molar-refractivity contribution in [2.24, 2.45) is 5.92 Å². The van der Waals surface area contributed by atoms with Crippen molar-refractivity contribution < 1.29 is 17.6 Å². The highest BCUT2D eigenvalue weighted by Crippen LogP contribution is 2.30. The molecule has 7 heteroatoms. The summed E-state index contributed by atoms with van der Waals surface area (Å²) in [7, 11) is -3.54. The molecule has 2 heterocycles. The summed E-state index contributed by atoms with van der Waals surface area (Å²) < 4.78 is 33.3. The lowest BCUT2D eigenvalue weighted by Gasteiger charge is -2.30. The second-order valence-corrected chi connectivity index (χ2v) is 9.37. The Labute approximate surface area is 161 Å². The van der Waals surface area contributed by atoms with Gasteiger partial charge in [-0.2, -0.15) is 4.31 Å². The van der Waals surface area contributed by atoms with E-state index >= 15 is 0 Å². The number of nitrogens with one attached hydrogen (secondary N) is 1. The van der Waals surface area contributed by atoms with Crippen LogP contribution in [0.15, 0.2) is 27.5 Å². The van der Waals surface area contributed by atoms with Gasteiger partial charge in [-0.25, -0.2) is 8.42 Å². The molecule has 0 radical (unpaired) electrons. The van der Waals surface area contributed by atoms with Crippen LogP contribution >= 0.6 is 0 Å². The van der Waals surface area contributed by atoms with Crippen LogP contribution < -0.4 is 5.32 Å². The Morgan fingerprint density at radius 2 is 2.15 bits per heavy atom. The van der Waals surface area contributed by atoms with Crippen LogP contribution in [0.3, 0.4) is 0 Å². The van der Waals surface area contributed by atoms with Gasteiger partial charge in [0.2, 0.25) is 10.0 Å². The maximum atomic E-state index is 13.0. The summed E-state index contributed by atoms with van der Waals surface area (Å²) in [5, 5.41) is 3.51. The Bertz CT molecular complexity index is 933. The third-order valence-corrected chi connectivity index (χ3v) is 7.05. The van der Waals surface area contributed by atoms with Crippen LogP contribution in [-0.4, -0.2) is 38.3 Å². The maximum absolute atomic E-state index is 13.0. The van der Waals surface area contributed by atoms with Crippen molar-refractivity contribution in [3.8, 4) is 0 Å². The third-order valence-electron chi connectivity index (χ3n) is 5.19. The summed E-state index contributed by atoms with van der Waals surface area (Å²) in [4.78, 5) is 12.6. The number of carbonyl (C=O) groups is 1. The number of nitrogens with zero attached hydrogens (tertiary/aromatic N) is 1. The molecule has 1 saturated heterocycles. The van der Waals surface area contributed by atoms with E-state index < -0.39 is 10.0 Å². The minimum Gasteiger partial charge on any atom is -0.451 e. The van der Waals surface area contributed by atoms with Gasteiger partial charge in [-0.15, -0.1) is 0 Å². The molecule has 1 unspecified atom stereocenters. The summed E-state index contributed by atoms with van der Waals surface area (Å²) >= 11 is 0. The molecule has 0 spiro atoms. The molecule has 1 aliphatic rings. The number of carbonyl (C=O) groups excluding carboxylic acids is 1.